The van der Waals surface area contributed by atoms with Gasteiger partial charge >= 0.3 is 0 Å². The fourth-order valence-electron chi connectivity index (χ4n) is 7.21. The van der Waals surface area contributed by atoms with Crippen LogP contribution in [0.4, 0.5) is 0 Å². The molecule has 11 aromatic rings. The minimum Gasteiger partial charge on any atom is -0.309 e. The fourth-order valence-corrected chi connectivity index (χ4v) is 7.21. The van der Waals surface area contributed by atoms with Crippen molar-refractivity contribution >= 4 is 65.4 Å². The molecule has 6 nitrogen and oxygen atoms in total. The van der Waals surface area contributed by atoms with Crippen LogP contribution in [0.2, 0.25) is 0 Å². The fraction of sp³-hybridized carbons (Fsp3) is 0. The topological polar surface area (TPSA) is 53.5 Å². The van der Waals surface area contributed by atoms with Gasteiger partial charge in [-0.3, -0.25) is 9.13 Å². The predicted molar refractivity (Wildman–Crippen MR) is 208 cm³/mol. The van der Waals surface area contributed by atoms with Crippen LogP contribution in [0.25, 0.3) is 94.4 Å². The number of aromatic nitrogens is 6. The third-order valence-electron chi connectivity index (χ3n) is 9.32. The van der Waals surface area contributed by atoms with Gasteiger partial charge in [0.2, 0.25) is 11.9 Å². The van der Waals surface area contributed by atoms with Crippen molar-refractivity contribution in [2.75, 3.05) is 0 Å². The molecule has 7 aromatic carbocycles. The third-order valence-corrected chi connectivity index (χ3v) is 9.32. The second-order valence-corrected chi connectivity index (χ2v) is 12.0. The van der Waals surface area contributed by atoms with Crippen LogP contribution in [-0.2, 0) is 0 Å². The molecule has 0 spiro atoms. The van der Waals surface area contributed by atoms with Crippen LogP contribution in [0, 0.1) is 0 Å². The van der Waals surface area contributed by atoms with E-state index in [0.717, 1.165) is 21.8 Å². The summed E-state index contributed by atoms with van der Waals surface area (Å²) in [4.78, 5) is 15.3. The average molecular weight is 665 g/mol. The van der Waals surface area contributed by atoms with Crippen molar-refractivity contribution in [3.05, 3.63) is 170 Å². The van der Waals surface area contributed by atoms with Crippen molar-refractivity contribution in [1.82, 2.24) is 28.7 Å². The van der Waals surface area contributed by atoms with E-state index >= 15 is 0 Å². The number of hydrogen-bond donors (Lipinski definition) is 0. The summed E-state index contributed by atoms with van der Waals surface area (Å²) in [6, 6.07) is 23.9. The van der Waals surface area contributed by atoms with Gasteiger partial charge in [0.1, 0.15) is 0 Å². The van der Waals surface area contributed by atoms with E-state index in [-0.39, 0.29) is 73.8 Å². The van der Waals surface area contributed by atoms with E-state index in [0.29, 0.717) is 10.9 Å². The van der Waals surface area contributed by atoms with Gasteiger partial charge in [-0.1, -0.05) is 121 Å². The summed E-state index contributed by atoms with van der Waals surface area (Å²) >= 11 is 0. The largest absolute Gasteiger partial charge is 0.309 e. The van der Waals surface area contributed by atoms with Gasteiger partial charge in [0.25, 0.3) is 0 Å². The van der Waals surface area contributed by atoms with Gasteiger partial charge in [-0.25, -0.2) is 0 Å². The molecular formula is C45H28N6. The molecule has 4 aromatic heterocycles. The Balaban J connectivity index is 1.32. The molecule has 0 unspecified atom stereocenters. The van der Waals surface area contributed by atoms with Gasteiger partial charge in [0.15, 0.2) is 5.82 Å². The van der Waals surface area contributed by atoms with Gasteiger partial charge in [-0.15, -0.1) is 0 Å². The minimum atomic E-state index is -0.561. The Kier molecular flexibility index (Phi) is 3.92. The third kappa shape index (κ3) is 4.01. The summed E-state index contributed by atoms with van der Waals surface area (Å²) in [7, 11) is 0. The maximum absolute atomic E-state index is 9.18. The van der Waals surface area contributed by atoms with Crippen LogP contribution < -0.4 is 0 Å². The lowest BCUT2D eigenvalue weighted by atomic mass is 10.1. The van der Waals surface area contributed by atoms with Crippen molar-refractivity contribution in [2.24, 2.45) is 0 Å². The minimum absolute atomic E-state index is 0.00560. The van der Waals surface area contributed by atoms with Crippen LogP contribution in [0.3, 0.4) is 0 Å². The number of benzene rings is 7. The first-order valence-electron chi connectivity index (χ1n) is 22.2. The summed E-state index contributed by atoms with van der Waals surface area (Å²) in [5, 5.41) is 2.46. The molecule has 6 heteroatoms. The number of nitrogens with zero attached hydrogens (tertiary/aromatic N) is 6. The molecule has 0 aliphatic rings. The summed E-state index contributed by atoms with van der Waals surface area (Å²) in [5.41, 5.74) is 2.49. The number of para-hydroxylation sites is 7. The Morgan fingerprint density at radius 2 is 0.745 bits per heavy atom. The quantitative estimate of drug-likeness (QED) is 0.188. The highest BCUT2D eigenvalue weighted by atomic mass is 15.3. The zero-order valence-corrected chi connectivity index (χ0v) is 26.4. The van der Waals surface area contributed by atoms with E-state index < -0.39 is 60.4 Å². The molecule has 0 radical (unpaired) electrons. The summed E-state index contributed by atoms with van der Waals surface area (Å²) < 4.78 is 111. The van der Waals surface area contributed by atoms with E-state index in [1.165, 1.54) is 4.57 Å². The van der Waals surface area contributed by atoms with Gasteiger partial charge < -0.3 is 4.57 Å². The number of rotatable bonds is 4. The first-order valence-corrected chi connectivity index (χ1v) is 16.2. The van der Waals surface area contributed by atoms with Crippen molar-refractivity contribution in [1.29, 1.82) is 0 Å². The van der Waals surface area contributed by atoms with Gasteiger partial charge in [-0.2, -0.15) is 15.0 Å². The molecule has 0 atom stereocenters. The summed E-state index contributed by atoms with van der Waals surface area (Å²) in [6.07, 6.45) is 0. The Bertz CT molecular complexity index is 3720. The number of hydrogen-bond acceptors (Lipinski definition) is 3. The van der Waals surface area contributed by atoms with Crippen molar-refractivity contribution < 1.29 is 16.4 Å². The van der Waals surface area contributed by atoms with Crippen LogP contribution in [-0.4, -0.2) is 28.7 Å². The monoisotopic (exact) mass is 664 g/mol. The van der Waals surface area contributed by atoms with Crippen LogP contribution in [0.15, 0.2) is 170 Å². The highest BCUT2D eigenvalue weighted by Crippen LogP contribution is 2.37. The predicted octanol–water partition coefficient (Wildman–Crippen LogP) is 10.8. The molecule has 0 aliphatic heterocycles. The van der Waals surface area contributed by atoms with Crippen LogP contribution >= 0.6 is 0 Å². The smallest absolute Gasteiger partial charge is 0.240 e. The zero-order valence-electron chi connectivity index (χ0n) is 38.4. The normalized spacial score (nSPS) is 15.2. The molecular weight excluding hydrogens is 625 g/mol. The molecule has 4 heterocycles. The van der Waals surface area contributed by atoms with Crippen molar-refractivity contribution in [3.8, 4) is 29.0 Å². The maximum Gasteiger partial charge on any atom is 0.240 e. The first-order chi connectivity index (χ1) is 30.3. The zero-order chi connectivity index (χ0) is 43.9. The molecule has 51 heavy (non-hydrogen) atoms. The molecule has 11 rings (SSSR count). The molecule has 0 saturated carbocycles. The molecule has 0 N–H and O–H groups in total. The highest BCUT2D eigenvalue weighted by molar-refractivity contribution is 6.11. The molecule has 0 saturated heterocycles. The Labute approximate surface area is 309 Å². The molecule has 0 aliphatic carbocycles. The van der Waals surface area contributed by atoms with E-state index in [4.69, 9.17) is 30.0 Å². The van der Waals surface area contributed by atoms with Crippen molar-refractivity contribution in [2.45, 2.75) is 0 Å². The molecule has 0 fully saturated rings. The number of fused-ring (bicyclic) bond motifs is 9. The SMILES string of the molecule is [2H]c1c([2H])c([2H])c2c(c1[2H])c1ccccc1n2-c1nc(-c2ccccc2-n2c3c([2H])c([2H])c([2H])c([2H])c3c3c([2H])c([2H])c([2H])c([2H])c32)nc(-n2c3ccccc3c3ccccc32)n1. The maximum atomic E-state index is 9.18. The van der Waals surface area contributed by atoms with E-state index in [1.54, 1.807) is 53.1 Å². The lowest BCUT2D eigenvalue weighted by Gasteiger charge is -2.16. The Hall–Kier alpha value is -7.05. The van der Waals surface area contributed by atoms with Gasteiger partial charge in [-0.05, 0) is 48.5 Å². The second kappa shape index (κ2) is 10.7. The lowest BCUT2D eigenvalue weighted by Crippen LogP contribution is -2.11. The van der Waals surface area contributed by atoms with E-state index in [2.05, 4.69) is 0 Å². The summed E-state index contributed by atoms with van der Waals surface area (Å²) in [6.45, 7) is 0. The van der Waals surface area contributed by atoms with Gasteiger partial charge in [0.05, 0.1) is 55.2 Å². The average Bonchev–Trinajstić information content (AvgIpc) is 3.97. The Morgan fingerprint density at radius 3 is 1.29 bits per heavy atom. The van der Waals surface area contributed by atoms with Crippen LogP contribution in [0.1, 0.15) is 16.4 Å². The molecule has 238 valence electrons. The van der Waals surface area contributed by atoms with E-state index in [1.807, 2.05) is 53.1 Å². The highest BCUT2D eigenvalue weighted by Gasteiger charge is 2.22. The van der Waals surface area contributed by atoms with Crippen LogP contribution in [0.5, 0.6) is 0 Å². The lowest BCUT2D eigenvalue weighted by molar-refractivity contribution is 0.892. The first kappa shape index (κ1) is 18.6. The summed E-state index contributed by atoms with van der Waals surface area (Å²) in [5.74, 6) is 0.171. The second-order valence-electron chi connectivity index (χ2n) is 12.0. The Morgan fingerprint density at radius 1 is 0.353 bits per heavy atom. The molecule has 0 amide bonds. The van der Waals surface area contributed by atoms with Gasteiger partial charge in [0, 0.05) is 37.9 Å². The van der Waals surface area contributed by atoms with Crippen molar-refractivity contribution in [3.63, 3.8) is 0 Å². The van der Waals surface area contributed by atoms with E-state index in [9.17, 15) is 1.37 Å². The standard InChI is InChI=1S/C45H28N6/c1-8-22-36-29(15-1)30-16-2-9-23-37(30)49(36)42-28-14-7-21-35(42)43-46-44(50-38-24-10-3-17-31(38)32-18-4-11-25-39(32)50)48-45(47-43)51-40-26-12-5-19-33(40)34-20-6-13-27-41(34)51/h1-28H/i1D,2D,3D,8D,9D,10D,15D,16D,17D,22D,23D,24D. The molecule has 0 bridgehead atoms.